The molecule has 1 aromatic rings. The number of carbonyl (C=O) groups excluding carboxylic acids is 1. The van der Waals surface area contributed by atoms with Crippen molar-refractivity contribution in [1.82, 2.24) is 4.90 Å². The Morgan fingerprint density at radius 3 is 2.70 bits per heavy atom. The molecular formula is C19H25NO3. The van der Waals surface area contributed by atoms with Gasteiger partial charge in [-0.15, -0.1) is 0 Å². The highest BCUT2D eigenvalue weighted by molar-refractivity contribution is 5.69. The van der Waals surface area contributed by atoms with Crippen molar-refractivity contribution in [1.29, 1.82) is 0 Å². The van der Waals surface area contributed by atoms with Crippen molar-refractivity contribution in [3.63, 3.8) is 0 Å². The summed E-state index contributed by atoms with van der Waals surface area (Å²) >= 11 is 0. The highest BCUT2D eigenvalue weighted by Crippen LogP contribution is 2.35. The van der Waals surface area contributed by atoms with E-state index in [9.17, 15) is 4.79 Å². The van der Waals surface area contributed by atoms with Gasteiger partial charge in [0.1, 0.15) is 0 Å². The smallest absolute Gasteiger partial charge is 0.305 e. The minimum atomic E-state index is -0.109. The van der Waals surface area contributed by atoms with Crippen molar-refractivity contribution in [3.8, 4) is 0 Å². The van der Waals surface area contributed by atoms with Crippen molar-refractivity contribution in [2.75, 3.05) is 20.2 Å². The van der Waals surface area contributed by atoms with Gasteiger partial charge in [-0.25, -0.2) is 0 Å². The Hall–Kier alpha value is -1.81. The Balaban J connectivity index is 1.38. The summed E-state index contributed by atoms with van der Waals surface area (Å²) in [5.74, 6) is 1.45. The van der Waals surface area contributed by atoms with Gasteiger partial charge in [0.25, 0.3) is 0 Å². The van der Waals surface area contributed by atoms with Crippen LogP contribution >= 0.6 is 0 Å². The Bertz CT molecular complexity index is 549. The zero-order chi connectivity index (χ0) is 16.1. The van der Waals surface area contributed by atoms with Crippen molar-refractivity contribution in [2.45, 2.75) is 38.3 Å². The Morgan fingerprint density at radius 1 is 1.26 bits per heavy atom. The van der Waals surface area contributed by atoms with Gasteiger partial charge >= 0.3 is 5.97 Å². The van der Waals surface area contributed by atoms with Gasteiger partial charge in [-0.3, -0.25) is 9.69 Å². The SMILES string of the molecule is COC(=O)CC1CC(OC2=CCN(Cc3ccccc3)CC2)C1. The van der Waals surface area contributed by atoms with Gasteiger partial charge < -0.3 is 9.47 Å². The summed E-state index contributed by atoms with van der Waals surface area (Å²) in [5.41, 5.74) is 1.36. The minimum Gasteiger partial charge on any atom is -0.495 e. The summed E-state index contributed by atoms with van der Waals surface area (Å²) in [5, 5.41) is 0. The maximum absolute atomic E-state index is 11.2. The largest absolute Gasteiger partial charge is 0.495 e. The summed E-state index contributed by atoms with van der Waals surface area (Å²) in [4.78, 5) is 13.7. The molecule has 23 heavy (non-hydrogen) atoms. The molecule has 0 unspecified atom stereocenters. The van der Waals surface area contributed by atoms with Gasteiger partial charge in [0.15, 0.2) is 0 Å². The molecule has 2 aliphatic rings. The van der Waals surface area contributed by atoms with E-state index in [0.717, 1.165) is 44.7 Å². The van der Waals surface area contributed by atoms with Crippen LogP contribution in [0.2, 0.25) is 0 Å². The second-order valence-electron chi connectivity index (χ2n) is 6.50. The molecule has 0 radical (unpaired) electrons. The lowest BCUT2D eigenvalue weighted by Gasteiger charge is -2.37. The predicted molar refractivity (Wildman–Crippen MR) is 88.6 cm³/mol. The number of ether oxygens (including phenoxy) is 2. The van der Waals surface area contributed by atoms with Crippen LogP contribution in [0.1, 0.15) is 31.2 Å². The van der Waals surface area contributed by atoms with E-state index < -0.39 is 0 Å². The Labute approximate surface area is 138 Å². The maximum Gasteiger partial charge on any atom is 0.305 e. The van der Waals surface area contributed by atoms with Crippen LogP contribution < -0.4 is 0 Å². The number of hydrogen-bond acceptors (Lipinski definition) is 4. The fourth-order valence-electron chi connectivity index (χ4n) is 3.26. The monoisotopic (exact) mass is 315 g/mol. The van der Waals surface area contributed by atoms with Crippen LogP contribution in [0.25, 0.3) is 0 Å². The average Bonchev–Trinajstić information content (AvgIpc) is 2.55. The zero-order valence-electron chi connectivity index (χ0n) is 13.7. The molecule has 1 fully saturated rings. The third kappa shape index (κ3) is 4.58. The van der Waals surface area contributed by atoms with Crippen LogP contribution in [0.4, 0.5) is 0 Å². The lowest BCUT2D eigenvalue weighted by Crippen LogP contribution is -2.35. The number of nitrogens with zero attached hydrogens (tertiary/aromatic N) is 1. The maximum atomic E-state index is 11.2. The molecule has 0 N–H and O–H groups in total. The molecule has 4 nitrogen and oxygen atoms in total. The van der Waals surface area contributed by atoms with Gasteiger partial charge in [-0.1, -0.05) is 30.3 Å². The van der Waals surface area contributed by atoms with E-state index in [-0.39, 0.29) is 12.1 Å². The summed E-state index contributed by atoms with van der Waals surface area (Å²) in [7, 11) is 1.45. The lowest BCUT2D eigenvalue weighted by molar-refractivity contribution is -0.143. The molecule has 0 saturated heterocycles. The standard InChI is InChI=1S/C19H25NO3/c1-22-19(21)13-16-11-18(12-16)23-17-7-9-20(10-8-17)14-15-5-3-2-4-6-15/h2-7,16,18H,8-14H2,1H3. The zero-order valence-corrected chi connectivity index (χ0v) is 13.7. The first-order valence-corrected chi connectivity index (χ1v) is 8.41. The number of benzene rings is 1. The molecule has 0 bridgehead atoms. The second kappa shape index (κ2) is 7.64. The van der Waals surface area contributed by atoms with Crippen molar-refractivity contribution >= 4 is 5.97 Å². The summed E-state index contributed by atoms with van der Waals surface area (Å²) in [6.45, 7) is 2.98. The number of rotatable bonds is 6. The van der Waals surface area contributed by atoms with Crippen LogP contribution in [-0.2, 0) is 20.8 Å². The predicted octanol–water partition coefficient (Wildman–Crippen LogP) is 3.13. The molecule has 1 aliphatic heterocycles. The first-order chi connectivity index (χ1) is 11.2. The number of carbonyl (C=O) groups is 1. The molecule has 124 valence electrons. The van der Waals surface area contributed by atoms with E-state index in [2.05, 4.69) is 41.3 Å². The molecule has 0 amide bonds. The molecule has 1 aromatic carbocycles. The second-order valence-corrected chi connectivity index (χ2v) is 6.50. The quantitative estimate of drug-likeness (QED) is 0.756. The first kappa shape index (κ1) is 16.1. The van der Waals surface area contributed by atoms with Crippen LogP contribution in [0.3, 0.4) is 0 Å². The first-order valence-electron chi connectivity index (χ1n) is 8.41. The van der Waals surface area contributed by atoms with Crippen molar-refractivity contribution in [2.24, 2.45) is 5.92 Å². The molecule has 1 heterocycles. The van der Waals surface area contributed by atoms with E-state index in [1.807, 2.05) is 0 Å². The third-order valence-corrected chi connectivity index (χ3v) is 4.69. The highest BCUT2D eigenvalue weighted by Gasteiger charge is 2.33. The molecule has 1 saturated carbocycles. The topological polar surface area (TPSA) is 38.8 Å². The fourth-order valence-corrected chi connectivity index (χ4v) is 3.26. The molecule has 0 spiro atoms. The van der Waals surface area contributed by atoms with E-state index in [1.165, 1.54) is 12.7 Å². The van der Waals surface area contributed by atoms with Gasteiger partial charge in [-0.05, 0) is 30.4 Å². The molecule has 4 heteroatoms. The Morgan fingerprint density at radius 2 is 2.04 bits per heavy atom. The number of methoxy groups -OCH3 is 1. The fraction of sp³-hybridized carbons (Fsp3) is 0.526. The van der Waals surface area contributed by atoms with Crippen molar-refractivity contribution in [3.05, 3.63) is 47.7 Å². The summed E-state index contributed by atoms with van der Waals surface area (Å²) in [6.07, 6.45) is 5.95. The lowest BCUT2D eigenvalue weighted by atomic mass is 9.80. The summed E-state index contributed by atoms with van der Waals surface area (Å²) in [6, 6.07) is 10.6. The number of esters is 1. The summed E-state index contributed by atoms with van der Waals surface area (Å²) < 4.78 is 10.8. The molecule has 3 rings (SSSR count). The molecular weight excluding hydrogens is 290 g/mol. The van der Waals surface area contributed by atoms with E-state index in [4.69, 9.17) is 9.47 Å². The van der Waals surface area contributed by atoms with Crippen LogP contribution in [0.5, 0.6) is 0 Å². The molecule has 0 aromatic heterocycles. The van der Waals surface area contributed by atoms with Crippen LogP contribution in [-0.4, -0.2) is 37.2 Å². The van der Waals surface area contributed by atoms with E-state index in [1.54, 1.807) is 0 Å². The van der Waals surface area contributed by atoms with Gasteiger partial charge in [-0.2, -0.15) is 0 Å². The normalized spacial score (nSPS) is 24.5. The minimum absolute atomic E-state index is 0.109. The van der Waals surface area contributed by atoms with Crippen LogP contribution in [0.15, 0.2) is 42.2 Å². The van der Waals surface area contributed by atoms with Crippen molar-refractivity contribution < 1.29 is 14.3 Å². The van der Waals surface area contributed by atoms with Gasteiger partial charge in [0, 0.05) is 32.5 Å². The average molecular weight is 315 g/mol. The van der Waals surface area contributed by atoms with E-state index >= 15 is 0 Å². The third-order valence-electron chi connectivity index (χ3n) is 4.69. The van der Waals surface area contributed by atoms with Gasteiger partial charge in [0.05, 0.1) is 19.0 Å². The molecule has 0 atom stereocenters. The highest BCUT2D eigenvalue weighted by atomic mass is 16.5. The van der Waals surface area contributed by atoms with Crippen LogP contribution in [0, 0.1) is 5.92 Å². The Kier molecular flexibility index (Phi) is 5.34. The number of hydrogen-bond donors (Lipinski definition) is 0. The molecule has 1 aliphatic carbocycles. The van der Waals surface area contributed by atoms with Gasteiger partial charge in [0.2, 0.25) is 0 Å². The van der Waals surface area contributed by atoms with E-state index in [0.29, 0.717) is 12.3 Å².